The molecule has 5 heteroatoms. The number of nitrogens with zero attached hydrogens (tertiary/aromatic N) is 1. The fourth-order valence-electron chi connectivity index (χ4n) is 2.43. The molecule has 1 aliphatic rings. The van der Waals surface area contributed by atoms with Gasteiger partial charge in [0.05, 0.1) is 0 Å². The van der Waals surface area contributed by atoms with E-state index in [-0.39, 0.29) is 11.8 Å². The number of thiol groups is 1. The molecule has 1 saturated heterocycles. The van der Waals surface area contributed by atoms with Crippen LogP contribution in [-0.2, 0) is 4.79 Å². The molecule has 0 aliphatic carbocycles. The molecule has 1 N–H and O–H groups in total. The van der Waals surface area contributed by atoms with Crippen molar-refractivity contribution in [1.82, 2.24) is 5.32 Å². The third-order valence-corrected chi connectivity index (χ3v) is 4.05. The Labute approximate surface area is 118 Å². The van der Waals surface area contributed by atoms with Crippen molar-refractivity contribution in [2.75, 3.05) is 24.2 Å². The predicted molar refractivity (Wildman–Crippen MR) is 78.9 cm³/mol. The van der Waals surface area contributed by atoms with Gasteiger partial charge >= 0.3 is 0 Å². The largest absolute Gasteiger partial charge is 0.355 e. The number of carbonyl (C=O) groups excluding carboxylic acids is 2. The van der Waals surface area contributed by atoms with Gasteiger partial charge in [0.15, 0.2) is 0 Å². The van der Waals surface area contributed by atoms with E-state index < -0.39 is 0 Å². The van der Waals surface area contributed by atoms with E-state index in [4.69, 9.17) is 0 Å². The number of rotatable bonds is 3. The fraction of sp³-hybridized carbons (Fsp3) is 0.429. The molecule has 102 valence electrons. The molecule has 1 aromatic rings. The van der Waals surface area contributed by atoms with Crippen molar-refractivity contribution in [3.8, 4) is 0 Å². The first kappa shape index (κ1) is 13.9. The molecule has 0 aromatic heterocycles. The molecule has 0 spiro atoms. The van der Waals surface area contributed by atoms with E-state index in [0.29, 0.717) is 30.2 Å². The van der Waals surface area contributed by atoms with Gasteiger partial charge < -0.3 is 10.2 Å². The van der Waals surface area contributed by atoms with Crippen LogP contribution in [0.4, 0.5) is 5.69 Å². The molecule has 0 saturated carbocycles. The van der Waals surface area contributed by atoms with Crippen LogP contribution in [0.15, 0.2) is 18.2 Å². The second kappa shape index (κ2) is 5.65. The standard InChI is InChI=1S/C14H18N2O2S/c1-9-11(14(18)15-2)4-3-5-12(9)16-7-10(8-19)6-13(16)17/h3-5,10,19H,6-8H2,1-2H3,(H,15,18). The van der Waals surface area contributed by atoms with Crippen LogP contribution in [0, 0.1) is 12.8 Å². The SMILES string of the molecule is CNC(=O)c1cccc(N2CC(CS)CC2=O)c1C. The molecule has 1 aromatic carbocycles. The topological polar surface area (TPSA) is 49.4 Å². The summed E-state index contributed by atoms with van der Waals surface area (Å²) in [5.74, 6) is 0.975. The molecule has 2 amide bonds. The second-order valence-corrected chi connectivity index (χ2v) is 5.15. The van der Waals surface area contributed by atoms with Crippen LogP contribution >= 0.6 is 12.6 Å². The normalized spacial score (nSPS) is 18.8. The maximum atomic E-state index is 12.0. The number of hydrogen-bond acceptors (Lipinski definition) is 3. The molecule has 0 radical (unpaired) electrons. The van der Waals surface area contributed by atoms with Crippen LogP contribution in [0.3, 0.4) is 0 Å². The molecule has 0 bridgehead atoms. The summed E-state index contributed by atoms with van der Waals surface area (Å²) in [5.41, 5.74) is 2.28. The van der Waals surface area contributed by atoms with E-state index in [2.05, 4.69) is 17.9 Å². The lowest BCUT2D eigenvalue weighted by molar-refractivity contribution is -0.117. The van der Waals surface area contributed by atoms with Crippen molar-refractivity contribution >= 4 is 30.1 Å². The first-order valence-corrected chi connectivity index (χ1v) is 6.94. The summed E-state index contributed by atoms with van der Waals surface area (Å²) in [5, 5.41) is 2.62. The van der Waals surface area contributed by atoms with Crippen molar-refractivity contribution in [3.63, 3.8) is 0 Å². The van der Waals surface area contributed by atoms with Gasteiger partial charge in [0, 0.05) is 31.3 Å². The summed E-state index contributed by atoms with van der Waals surface area (Å²) in [6.45, 7) is 2.56. The molecule has 4 nitrogen and oxygen atoms in total. The Bertz CT molecular complexity index is 516. The van der Waals surface area contributed by atoms with Gasteiger partial charge in [-0.2, -0.15) is 12.6 Å². The number of nitrogens with one attached hydrogen (secondary N) is 1. The Balaban J connectivity index is 2.36. The molecule has 1 unspecified atom stereocenters. The zero-order valence-corrected chi connectivity index (χ0v) is 12.0. The Kier molecular flexibility index (Phi) is 4.14. The zero-order valence-electron chi connectivity index (χ0n) is 11.1. The third kappa shape index (κ3) is 2.61. The Morgan fingerprint density at radius 2 is 2.26 bits per heavy atom. The van der Waals surface area contributed by atoms with Crippen molar-refractivity contribution in [1.29, 1.82) is 0 Å². The number of benzene rings is 1. The lowest BCUT2D eigenvalue weighted by atomic mass is 10.1. The van der Waals surface area contributed by atoms with Crippen LogP contribution in [0.1, 0.15) is 22.3 Å². The summed E-state index contributed by atoms with van der Waals surface area (Å²) in [6.07, 6.45) is 0.535. The number of anilines is 1. The zero-order chi connectivity index (χ0) is 14.0. The van der Waals surface area contributed by atoms with Crippen molar-refractivity contribution in [2.24, 2.45) is 5.92 Å². The minimum absolute atomic E-state index is 0.108. The van der Waals surface area contributed by atoms with E-state index in [9.17, 15) is 9.59 Å². The van der Waals surface area contributed by atoms with E-state index in [1.54, 1.807) is 18.0 Å². The van der Waals surface area contributed by atoms with Gasteiger partial charge in [0.1, 0.15) is 0 Å². The van der Waals surface area contributed by atoms with Gasteiger partial charge in [0.25, 0.3) is 5.91 Å². The second-order valence-electron chi connectivity index (χ2n) is 4.79. The number of amides is 2. The van der Waals surface area contributed by atoms with E-state index in [0.717, 1.165) is 11.3 Å². The van der Waals surface area contributed by atoms with Crippen molar-refractivity contribution < 1.29 is 9.59 Å². The summed E-state index contributed by atoms with van der Waals surface area (Å²) in [4.78, 5) is 25.6. The maximum absolute atomic E-state index is 12.0. The average molecular weight is 278 g/mol. The lowest BCUT2D eigenvalue weighted by Crippen LogP contribution is -2.27. The lowest BCUT2D eigenvalue weighted by Gasteiger charge is -2.20. The van der Waals surface area contributed by atoms with Gasteiger partial charge in [-0.1, -0.05) is 6.07 Å². The van der Waals surface area contributed by atoms with Crippen molar-refractivity contribution in [3.05, 3.63) is 29.3 Å². The van der Waals surface area contributed by atoms with Gasteiger partial charge in [-0.25, -0.2) is 0 Å². The highest BCUT2D eigenvalue weighted by Crippen LogP contribution is 2.29. The Hall–Kier alpha value is -1.49. The molecule has 1 fully saturated rings. The fourth-order valence-corrected chi connectivity index (χ4v) is 2.68. The molecule has 1 aliphatic heterocycles. The van der Waals surface area contributed by atoms with Crippen molar-refractivity contribution in [2.45, 2.75) is 13.3 Å². The molecule has 2 rings (SSSR count). The average Bonchev–Trinajstić information content (AvgIpc) is 2.79. The van der Waals surface area contributed by atoms with Gasteiger partial charge in [-0.15, -0.1) is 0 Å². The predicted octanol–water partition coefficient (Wildman–Crippen LogP) is 1.64. The van der Waals surface area contributed by atoms with E-state index >= 15 is 0 Å². The minimum atomic E-state index is -0.128. The summed E-state index contributed by atoms with van der Waals surface area (Å²) >= 11 is 4.26. The Morgan fingerprint density at radius 3 is 2.84 bits per heavy atom. The highest BCUT2D eigenvalue weighted by molar-refractivity contribution is 7.80. The van der Waals surface area contributed by atoms with Crippen LogP contribution in [0.5, 0.6) is 0 Å². The highest BCUT2D eigenvalue weighted by atomic mass is 32.1. The highest BCUT2D eigenvalue weighted by Gasteiger charge is 2.31. The minimum Gasteiger partial charge on any atom is -0.355 e. The molecule has 1 atom stereocenters. The summed E-state index contributed by atoms with van der Waals surface area (Å²) in [6, 6.07) is 5.48. The van der Waals surface area contributed by atoms with E-state index in [1.165, 1.54) is 0 Å². The van der Waals surface area contributed by atoms with Crippen LogP contribution in [0.2, 0.25) is 0 Å². The number of carbonyl (C=O) groups is 2. The van der Waals surface area contributed by atoms with Gasteiger partial charge in [-0.3, -0.25) is 9.59 Å². The van der Waals surface area contributed by atoms with Crippen LogP contribution in [0.25, 0.3) is 0 Å². The summed E-state index contributed by atoms with van der Waals surface area (Å²) in [7, 11) is 1.60. The molecule has 1 heterocycles. The third-order valence-electron chi connectivity index (χ3n) is 3.53. The monoisotopic (exact) mass is 278 g/mol. The first-order chi connectivity index (χ1) is 9.08. The van der Waals surface area contributed by atoms with Crippen LogP contribution in [-0.4, -0.2) is 31.2 Å². The first-order valence-electron chi connectivity index (χ1n) is 6.31. The summed E-state index contributed by atoms with van der Waals surface area (Å²) < 4.78 is 0. The molecular weight excluding hydrogens is 260 g/mol. The molecular formula is C14H18N2O2S. The van der Waals surface area contributed by atoms with Crippen LogP contribution < -0.4 is 10.2 Å². The quantitative estimate of drug-likeness (QED) is 0.826. The smallest absolute Gasteiger partial charge is 0.251 e. The van der Waals surface area contributed by atoms with Gasteiger partial charge in [-0.05, 0) is 36.3 Å². The maximum Gasteiger partial charge on any atom is 0.251 e. The van der Waals surface area contributed by atoms with Gasteiger partial charge in [0.2, 0.25) is 5.91 Å². The Morgan fingerprint density at radius 1 is 1.53 bits per heavy atom. The molecule has 19 heavy (non-hydrogen) atoms. The van der Waals surface area contributed by atoms with E-state index in [1.807, 2.05) is 19.1 Å². The number of hydrogen-bond donors (Lipinski definition) is 2.